The lowest BCUT2D eigenvalue weighted by Gasteiger charge is -2.32. The van der Waals surface area contributed by atoms with E-state index in [9.17, 15) is 14.4 Å². The second kappa shape index (κ2) is 8.99. The van der Waals surface area contributed by atoms with Gasteiger partial charge in [0.15, 0.2) is 11.0 Å². The topological polar surface area (TPSA) is 96.6 Å². The molecule has 1 atom stereocenters. The molecule has 1 spiro atoms. The number of carbonyl (C=O) groups excluding carboxylic acids is 2. The van der Waals surface area contributed by atoms with Crippen molar-refractivity contribution in [2.45, 2.75) is 25.4 Å². The van der Waals surface area contributed by atoms with Crippen molar-refractivity contribution >= 4 is 68.1 Å². The molecule has 0 saturated carbocycles. The third-order valence-corrected chi connectivity index (χ3v) is 8.83. The number of halogens is 2. The molecule has 2 aliphatic rings. The molecule has 0 saturated heterocycles. The first-order chi connectivity index (χ1) is 19.3. The van der Waals surface area contributed by atoms with Crippen molar-refractivity contribution in [1.29, 1.82) is 0 Å². The van der Waals surface area contributed by atoms with Crippen LogP contribution in [0.25, 0.3) is 11.0 Å². The van der Waals surface area contributed by atoms with Gasteiger partial charge in [-0.3, -0.25) is 19.3 Å². The largest absolute Gasteiger partial charge is 0.450 e. The summed E-state index contributed by atoms with van der Waals surface area (Å²) in [7, 11) is 0. The second-order valence-electron chi connectivity index (χ2n) is 9.49. The molecular formula is C29H18Cl2N4O4S. The van der Waals surface area contributed by atoms with Crippen molar-refractivity contribution in [3.8, 4) is 0 Å². The van der Waals surface area contributed by atoms with Gasteiger partial charge in [-0.1, -0.05) is 71.8 Å². The van der Waals surface area contributed by atoms with Gasteiger partial charge in [-0.2, -0.15) is 0 Å². The molecule has 8 nitrogen and oxygen atoms in total. The number of fused-ring (bicyclic) bond motifs is 5. The van der Waals surface area contributed by atoms with Crippen LogP contribution in [-0.2, 0) is 23.3 Å². The Morgan fingerprint density at radius 3 is 2.45 bits per heavy atom. The predicted octanol–water partition coefficient (Wildman–Crippen LogP) is 5.96. The van der Waals surface area contributed by atoms with Crippen LogP contribution in [0.1, 0.15) is 39.2 Å². The highest BCUT2D eigenvalue weighted by molar-refractivity contribution is 7.15. The molecule has 0 aliphatic carbocycles. The van der Waals surface area contributed by atoms with E-state index >= 15 is 0 Å². The third kappa shape index (κ3) is 3.35. The van der Waals surface area contributed by atoms with Gasteiger partial charge in [0, 0.05) is 15.6 Å². The van der Waals surface area contributed by atoms with Crippen molar-refractivity contribution in [3.05, 3.63) is 114 Å². The lowest BCUT2D eigenvalue weighted by atomic mass is 9.84. The number of benzene rings is 3. The fourth-order valence-electron chi connectivity index (χ4n) is 5.54. The van der Waals surface area contributed by atoms with Gasteiger partial charge in [0.25, 0.3) is 11.8 Å². The van der Waals surface area contributed by atoms with Crippen LogP contribution in [-0.4, -0.2) is 22.0 Å². The van der Waals surface area contributed by atoms with Crippen LogP contribution in [0.3, 0.4) is 0 Å². The quantitative estimate of drug-likeness (QED) is 0.257. The van der Waals surface area contributed by atoms with Gasteiger partial charge in [0.2, 0.25) is 10.9 Å². The van der Waals surface area contributed by atoms with Crippen LogP contribution >= 0.6 is 34.5 Å². The van der Waals surface area contributed by atoms with E-state index in [2.05, 4.69) is 10.2 Å². The molecule has 2 aromatic heterocycles. The maximum Gasteiger partial charge on any atom is 0.297 e. The smallest absolute Gasteiger partial charge is 0.297 e. The number of amides is 2. The van der Waals surface area contributed by atoms with Crippen LogP contribution in [0.2, 0.25) is 10.0 Å². The summed E-state index contributed by atoms with van der Waals surface area (Å²) in [5.74, 6) is -1.32. The Morgan fingerprint density at radius 2 is 1.70 bits per heavy atom. The lowest BCUT2D eigenvalue weighted by molar-refractivity contribution is -0.121. The molecule has 0 radical (unpaired) electrons. The Labute approximate surface area is 241 Å². The summed E-state index contributed by atoms with van der Waals surface area (Å²) in [6.07, 6.45) is 0.590. The lowest BCUT2D eigenvalue weighted by Crippen LogP contribution is -2.53. The predicted molar refractivity (Wildman–Crippen MR) is 153 cm³/mol. The van der Waals surface area contributed by atoms with Gasteiger partial charge >= 0.3 is 0 Å². The number of hydrogen-bond acceptors (Lipinski definition) is 7. The fraction of sp³-hybridized carbons (Fsp3) is 0.138. The summed E-state index contributed by atoms with van der Waals surface area (Å²) in [5, 5.41) is 10.4. The van der Waals surface area contributed by atoms with Crippen LogP contribution < -0.4 is 15.2 Å². The molecule has 3 aromatic carbocycles. The van der Waals surface area contributed by atoms with E-state index in [0.29, 0.717) is 32.7 Å². The van der Waals surface area contributed by atoms with Gasteiger partial charge in [-0.05, 0) is 48.4 Å². The van der Waals surface area contributed by atoms with Crippen LogP contribution in [0.15, 0.2) is 75.9 Å². The normalized spacial score (nSPS) is 17.8. The fourth-order valence-corrected chi connectivity index (χ4v) is 6.67. The highest BCUT2D eigenvalue weighted by atomic mass is 35.5. The molecule has 40 heavy (non-hydrogen) atoms. The summed E-state index contributed by atoms with van der Waals surface area (Å²) in [6.45, 7) is 2.11. The number of anilines is 2. The molecule has 0 bridgehead atoms. The Hall–Kier alpha value is -4.05. The van der Waals surface area contributed by atoms with Crippen molar-refractivity contribution in [1.82, 2.24) is 10.2 Å². The number of aryl methyl sites for hydroxylation is 1. The summed E-state index contributed by atoms with van der Waals surface area (Å²) < 4.78 is 6.08. The maximum atomic E-state index is 14.8. The molecule has 4 heterocycles. The number of nitrogens with zero attached hydrogens (tertiary/aromatic N) is 4. The minimum absolute atomic E-state index is 0.0587. The molecular weight excluding hydrogens is 571 g/mol. The summed E-state index contributed by atoms with van der Waals surface area (Å²) in [4.78, 5) is 46.2. The van der Waals surface area contributed by atoms with E-state index in [1.165, 1.54) is 22.3 Å². The first kappa shape index (κ1) is 25.0. The average Bonchev–Trinajstić information content (AvgIpc) is 3.60. The molecule has 0 fully saturated rings. The number of aromatic nitrogens is 2. The van der Waals surface area contributed by atoms with Crippen molar-refractivity contribution in [2.24, 2.45) is 0 Å². The molecule has 2 amide bonds. The second-order valence-corrected chi connectivity index (χ2v) is 11.4. The maximum absolute atomic E-state index is 14.8. The van der Waals surface area contributed by atoms with E-state index in [-0.39, 0.29) is 34.0 Å². The minimum Gasteiger partial charge on any atom is -0.450 e. The molecule has 7 rings (SSSR count). The van der Waals surface area contributed by atoms with Crippen LogP contribution in [0.5, 0.6) is 0 Å². The van der Waals surface area contributed by atoms with E-state index in [1.807, 2.05) is 25.1 Å². The van der Waals surface area contributed by atoms with E-state index in [0.717, 1.165) is 5.56 Å². The zero-order valence-electron chi connectivity index (χ0n) is 20.9. The van der Waals surface area contributed by atoms with Gasteiger partial charge in [-0.15, -0.1) is 10.2 Å². The van der Waals surface area contributed by atoms with Gasteiger partial charge in [0.05, 0.1) is 23.2 Å². The van der Waals surface area contributed by atoms with Gasteiger partial charge in [0.1, 0.15) is 10.6 Å². The van der Waals surface area contributed by atoms with E-state index in [4.69, 9.17) is 27.6 Å². The van der Waals surface area contributed by atoms with Gasteiger partial charge in [-0.25, -0.2) is 0 Å². The summed E-state index contributed by atoms with van der Waals surface area (Å²) >= 11 is 13.5. The Balaban J connectivity index is 1.55. The molecule has 11 heteroatoms. The highest BCUT2D eigenvalue weighted by Gasteiger charge is 2.66. The Bertz CT molecular complexity index is 1940. The minimum atomic E-state index is -1.85. The zero-order chi connectivity index (χ0) is 27.8. The molecule has 2 aliphatic heterocycles. The van der Waals surface area contributed by atoms with Crippen LogP contribution in [0.4, 0.5) is 10.8 Å². The monoisotopic (exact) mass is 588 g/mol. The van der Waals surface area contributed by atoms with Gasteiger partial charge < -0.3 is 9.32 Å². The standard InChI is InChI=1S/C29H18Cl2N4O4S/c1-2-22-32-33-28(40-22)35-26(37)25-23(24(36)18-13-17(31)11-12-21(18)39-25)29(35)19-5-3-4-6-20(19)34(27(29)38)14-15-7-9-16(30)10-8-15/h3-13H,2,14H2,1H3. The third-order valence-electron chi connectivity index (χ3n) is 7.29. The Kier molecular flexibility index (Phi) is 5.61. The summed E-state index contributed by atoms with van der Waals surface area (Å²) in [5.41, 5.74) is -0.356. The molecule has 5 aromatic rings. The first-order valence-electron chi connectivity index (χ1n) is 12.4. The molecule has 1 unspecified atom stereocenters. The van der Waals surface area contributed by atoms with E-state index in [1.54, 1.807) is 47.4 Å². The Morgan fingerprint density at radius 1 is 0.950 bits per heavy atom. The number of para-hydroxylation sites is 1. The highest BCUT2D eigenvalue weighted by Crippen LogP contribution is 2.54. The van der Waals surface area contributed by atoms with E-state index < -0.39 is 22.8 Å². The average molecular weight is 589 g/mol. The molecule has 198 valence electrons. The number of hydrogen-bond donors (Lipinski definition) is 0. The zero-order valence-corrected chi connectivity index (χ0v) is 23.2. The SMILES string of the molecule is CCc1nnc(N2C(=O)c3oc4ccc(Cl)cc4c(=O)c3C23C(=O)N(Cc2ccc(Cl)cc2)c2ccccc23)s1. The summed E-state index contributed by atoms with van der Waals surface area (Å²) in [6, 6.07) is 18.9. The molecule has 0 N–H and O–H groups in total. The first-order valence-corrected chi connectivity index (χ1v) is 14.0. The van der Waals surface area contributed by atoms with Crippen molar-refractivity contribution in [3.63, 3.8) is 0 Å². The van der Waals surface area contributed by atoms with Crippen LogP contribution in [0, 0.1) is 0 Å². The number of rotatable bonds is 4. The van der Waals surface area contributed by atoms with Crippen molar-refractivity contribution < 1.29 is 14.0 Å². The van der Waals surface area contributed by atoms with Crippen molar-refractivity contribution in [2.75, 3.05) is 9.80 Å². The number of carbonyl (C=O) groups is 2.